The number of allylic oxidation sites excluding steroid dienone is 2. The summed E-state index contributed by atoms with van der Waals surface area (Å²) in [5, 5.41) is 86.5. The van der Waals surface area contributed by atoms with Crippen molar-refractivity contribution in [2.75, 3.05) is 159 Å². The molecular formula is C52H82N4O16. The summed E-state index contributed by atoms with van der Waals surface area (Å²) in [6, 6.07) is -0.704. The molecule has 0 saturated heterocycles. The van der Waals surface area contributed by atoms with E-state index in [0.29, 0.717) is 104 Å². The molecule has 2 aromatic rings. The Bertz CT molecular complexity index is 1990. The van der Waals surface area contributed by atoms with Crippen LogP contribution in [0.15, 0.2) is 33.7 Å². The maximum atomic E-state index is 9.63. The molecule has 0 spiro atoms. The van der Waals surface area contributed by atoms with E-state index in [4.69, 9.17) is 37.9 Å². The van der Waals surface area contributed by atoms with Crippen LogP contribution in [-0.4, -0.2) is 221 Å². The highest BCUT2D eigenvalue weighted by Crippen LogP contribution is 2.36. The first-order valence-corrected chi connectivity index (χ1v) is 25.5. The van der Waals surface area contributed by atoms with Crippen LogP contribution in [0.3, 0.4) is 0 Å². The highest BCUT2D eigenvalue weighted by atomic mass is 16.5. The van der Waals surface area contributed by atoms with E-state index in [-0.39, 0.29) is 118 Å². The molecule has 2 unspecified atom stereocenters. The molecule has 72 heavy (non-hydrogen) atoms. The van der Waals surface area contributed by atoms with Gasteiger partial charge < -0.3 is 99.3 Å². The van der Waals surface area contributed by atoms with Gasteiger partial charge in [-0.2, -0.15) is 0 Å². The Morgan fingerprint density at radius 2 is 0.597 bits per heavy atom. The molecule has 0 fully saturated rings. The molecule has 0 radical (unpaired) electrons. The van der Waals surface area contributed by atoms with Crippen LogP contribution in [0, 0.1) is 0 Å². The van der Waals surface area contributed by atoms with Gasteiger partial charge in [-0.1, -0.05) is 0 Å². The maximum Gasteiger partial charge on any atom is 0.0697 e. The minimum atomic E-state index is -0.352. The Morgan fingerprint density at radius 3 is 0.903 bits per heavy atom. The van der Waals surface area contributed by atoms with Crippen molar-refractivity contribution >= 4 is 24.3 Å². The number of aromatic amines is 2. The third kappa shape index (κ3) is 18.3. The average Bonchev–Trinajstić information content (AvgIpc) is 4.09. The van der Waals surface area contributed by atoms with E-state index in [0.717, 1.165) is 78.0 Å². The van der Waals surface area contributed by atoms with Crippen molar-refractivity contribution in [3.63, 3.8) is 0 Å². The molecule has 406 valence electrons. The van der Waals surface area contributed by atoms with Gasteiger partial charge in [-0.3, -0.25) is 0 Å². The van der Waals surface area contributed by atoms with E-state index >= 15 is 0 Å². The van der Waals surface area contributed by atoms with Gasteiger partial charge in [-0.25, -0.2) is 0 Å². The van der Waals surface area contributed by atoms with Crippen LogP contribution >= 0.6 is 0 Å². The van der Waals surface area contributed by atoms with Crippen molar-refractivity contribution in [3.8, 4) is 0 Å². The fourth-order valence-electron chi connectivity index (χ4n) is 9.43. The lowest BCUT2D eigenvalue weighted by molar-refractivity contribution is 0.0922. The molecule has 0 amide bonds. The van der Waals surface area contributed by atoms with Crippen molar-refractivity contribution in [1.82, 2.24) is 20.6 Å². The van der Waals surface area contributed by atoms with Gasteiger partial charge >= 0.3 is 0 Å². The van der Waals surface area contributed by atoms with Crippen molar-refractivity contribution in [3.05, 3.63) is 78.0 Å². The third-order valence-corrected chi connectivity index (χ3v) is 12.5. The lowest BCUT2D eigenvalue weighted by atomic mass is 9.96. The van der Waals surface area contributed by atoms with Crippen LogP contribution in [0.25, 0.3) is 24.3 Å². The first kappa shape index (κ1) is 59.1. The van der Waals surface area contributed by atoms with Gasteiger partial charge in [-0.15, -0.1) is 0 Å². The minimum absolute atomic E-state index is 0.112. The van der Waals surface area contributed by atoms with E-state index in [1.807, 2.05) is 0 Å². The SMILES string of the molecule is OCCOCCC1=C(CCOCCO)C2/C=c3\[nH]/c(c(CCOCCO)c3CCOCCO)=C\C3N/C(=C\c4[nH]c(c(CCOCCO)c4CCOCCO)/C=C/1N2)C(CCOCCO)=C3CCOCCO. The number of rotatable bonds is 40. The Kier molecular flexibility index (Phi) is 28.5. The van der Waals surface area contributed by atoms with Gasteiger partial charge in [0.15, 0.2) is 0 Å². The summed E-state index contributed by atoms with van der Waals surface area (Å²) < 4.78 is 47.1. The van der Waals surface area contributed by atoms with Crippen molar-refractivity contribution < 1.29 is 78.7 Å². The topological polar surface area (TPSA) is 291 Å². The summed E-state index contributed by atoms with van der Waals surface area (Å²) >= 11 is 0. The van der Waals surface area contributed by atoms with Crippen LogP contribution in [0.4, 0.5) is 0 Å². The quantitative estimate of drug-likeness (QED) is 0.0343. The number of nitrogens with one attached hydrogen (secondary N) is 4. The molecule has 2 atom stereocenters. The number of H-pyrrole nitrogens is 2. The van der Waals surface area contributed by atoms with E-state index in [9.17, 15) is 40.9 Å². The Labute approximate surface area is 422 Å². The second kappa shape index (κ2) is 34.7. The van der Waals surface area contributed by atoms with Gasteiger partial charge in [-0.05, 0) is 120 Å². The number of aliphatic hydroxyl groups is 8. The maximum absolute atomic E-state index is 9.63. The van der Waals surface area contributed by atoms with Gasteiger partial charge in [0.05, 0.1) is 171 Å². The van der Waals surface area contributed by atoms with Crippen molar-refractivity contribution in [2.45, 2.75) is 63.5 Å². The van der Waals surface area contributed by atoms with E-state index in [1.54, 1.807) is 0 Å². The second-order valence-corrected chi connectivity index (χ2v) is 17.2. The fraction of sp³-hybridized carbons (Fsp3) is 0.654. The summed E-state index contributed by atoms with van der Waals surface area (Å²) in [6.45, 7) is 3.27. The molecule has 20 nitrogen and oxygen atoms in total. The fourth-order valence-corrected chi connectivity index (χ4v) is 9.43. The zero-order valence-corrected chi connectivity index (χ0v) is 41.9. The monoisotopic (exact) mass is 1020 g/mol. The predicted molar refractivity (Wildman–Crippen MR) is 270 cm³/mol. The van der Waals surface area contributed by atoms with E-state index < -0.39 is 0 Å². The standard InChI is InChI=1S/C52H82N4O16/c57-9-25-65-17-1-37-38(2-18-66-26-10-58)46-34-48-41(5-21-69-29-13-61)42(6-22-70-30-14-62)50(55-48)36-52-44(8-24-72-32-16-64)43(7-23-71-31-15-63)51(56-52)35-49-40(4-20-68-28-12-60)39(3-19-67-27-11-59)47(54-49)33-45(37)53-46/h33-36,45,51,53-64H,1-32H2/b46-34-,47-33-,49-35-,52-36-. The first-order valence-electron chi connectivity index (χ1n) is 25.5. The van der Waals surface area contributed by atoms with Crippen molar-refractivity contribution in [1.29, 1.82) is 0 Å². The van der Waals surface area contributed by atoms with Crippen LogP contribution in [-0.2, 0) is 63.6 Å². The molecule has 20 heteroatoms. The predicted octanol–water partition coefficient (Wildman–Crippen LogP) is -1.36. The van der Waals surface area contributed by atoms with E-state index in [1.165, 1.54) is 0 Å². The number of aliphatic hydroxyl groups excluding tert-OH is 8. The number of hydrogen-bond donors (Lipinski definition) is 12. The van der Waals surface area contributed by atoms with Crippen molar-refractivity contribution in [2.24, 2.45) is 0 Å². The molecule has 8 bridgehead atoms. The summed E-state index contributed by atoms with van der Waals surface area (Å²) in [5.74, 6) is 0. The zero-order valence-electron chi connectivity index (χ0n) is 41.9. The molecule has 3 aliphatic rings. The molecule has 5 heterocycles. The van der Waals surface area contributed by atoms with E-state index in [2.05, 4.69) is 44.9 Å². The normalized spacial score (nSPS) is 18.9. The van der Waals surface area contributed by atoms with Gasteiger partial charge in [0.1, 0.15) is 0 Å². The number of ether oxygens (including phenoxy) is 8. The second-order valence-electron chi connectivity index (χ2n) is 17.2. The summed E-state index contributed by atoms with van der Waals surface area (Å²) in [7, 11) is 0. The Balaban J connectivity index is 1.87. The largest absolute Gasteiger partial charge is 0.394 e. The smallest absolute Gasteiger partial charge is 0.0697 e. The lowest BCUT2D eigenvalue weighted by Crippen LogP contribution is -2.28. The number of aromatic nitrogens is 2. The van der Waals surface area contributed by atoms with Crippen LogP contribution in [0.1, 0.15) is 59.3 Å². The third-order valence-electron chi connectivity index (χ3n) is 12.5. The zero-order chi connectivity index (χ0) is 51.2. The molecule has 12 N–H and O–H groups in total. The molecule has 0 saturated carbocycles. The lowest BCUT2D eigenvalue weighted by Gasteiger charge is -2.13. The van der Waals surface area contributed by atoms with Gasteiger partial charge in [0, 0.05) is 33.5 Å². The number of hydrogen-bond acceptors (Lipinski definition) is 18. The molecular weight excluding hydrogens is 937 g/mol. The summed E-state index contributed by atoms with van der Waals surface area (Å²) in [5.41, 5.74) is 11.5. The Morgan fingerprint density at radius 1 is 0.319 bits per heavy atom. The van der Waals surface area contributed by atoms with Gasteiger partial charge in [0.25, 0.3) is 0 Å². The average molecular weight is 1020 g/mol. The van der Waals surface area contributed by atoms with Crippen LogP contribution in [0.5, 0.6) is 0 Å². The molecule has 5 rings (SSSR count). The highest BCUT2D eigenvalue weighted by Gasteiger charge is 2.31. The molecule has 0 aromatic carbocycles. The Hall–Kier alpha value is -3.78. The van der Waals surface area contributed by atoms with Crippen LogP contribution in [0.2, 0.25) is 0 Å². The summed E-state index contributed by atoms with van der Waals surface area (Å²) in [6.07, 6.45) is 12.7. The van der Waals surface area contributed by atoms with Crippen LogP contribution < -0.4 is 21.3 Å². The minimum Gasteiger partial charge on any atom is -0.394 e. The number of fused-ring (bicyclic) bond motifs is 8. The first-order chi connectivity index (χ1) is 35.5. The van der Waals surface area contributed by atoms with Gasteiger partial charge in [0.2, 0.25) is 0 Å². The molecule has 3 aliphatic heterocycles. The molecule has 0 aliphatic carbocycles. The summed E-state index contributed by atoms with van der Waals surface area (Å²) in [4.78, 5) is 7.62. The highest BCUT2D eigenvalue weighted by molar-refractivity contribution is 5.71. The molecule has 2 aromatic heterocycles.